The zero-order chi connectivity index (χ0) is 12.7. The second kappa shape index (κ2) is 6.56. The summed E-state index contributed by atoms with van der Waals surface area (Å²) in [4.78, 5) is 22.3. The number of carbonyl (C=O) groups is 2. The number of amides is 1. The molecule has 0 unspecified atom stereocenters. The third-order valence-corrected chi connectivity index (χ3v) is 2.51. The Morgan fingerprint density at radius 3 is 2.65 bits per heavy atom. The number of hydrogen-bond donors (Lipinski definition) is 2. The quantitative estimate of drug-likeness (QED) is 0.587. The summed E-state index contributed by atoms with van der Waals surface area (Å²) in [7, 11) is 0. The molecule has 0 spiro atoms. The lowest BCUT2D eigenvalue weighted by atomic mass is 10.0. The van der Waals surface area contributed by atoms with Gasteiger partial charge in [0.2, 0.25) is 5.91 Å². The van der Waals surface area contributed by atoms with Gasteiger partial charge in [-0.3, -0.25) is 9.59 Å². The molecule has 0 radical (unpaired) electrons. The summed E-state index contributed by atoms with van der Waals surface area (Å²) in [5.74, 6) is -0.508. The van der Waals surface area contributed by atoms with Crippen molar-refractivity contribution in [2.45, 2.75) is 25.9 Å². The van der Waals surface area contributed by atoms with Crippen LogP contribution in [0.3, 0.4) is 0 Å². The fourth-order valence-electron chi connectivity index (χ4n) is 1.41. The molecule has 1 amide bonds. The molecule has 1 aliphatic heterocycles. The van der Waals surface area contributed by atoms with Crippen molar-refractivity contribution >= 4 is 11.9 Å². The zero-order valence-electron chi connectivity index (χ0n) is 10.4. The zero-order valence-corrected chi connectivity index (χ0v) is 10.4. The van der Waals surface area contributed by atoms with Gasteiger partial charge in [0.15, 0.2) is 0 Å². The van der Waals surface area contributed by atoms with E-state index >= 15 is 0 Å². The van der Waals surface area contributed by atoms with Gasteiger partial charge in [-0.05, 0) is 13.8 Å². The van der Waals surface area contributed by atoms with Gasteiger partial charge in [-0.2, -0.15) is 0 Å². The minimum Gasteiger partial charge on any atom is -0.466 e. The fraction of sp³-hybridized carbons (Fsp3) is 0.818. The van der Waals surface area contributed by atoms with Gasteiger partial charge in [0.1, 0.15) is 6.61 Å². The van der Waals surface area contributed by atoms with Gasteiger partial charge in [0.05, 0.1) is 18.6 Å². The van der Waals surface area contributed by atoms with Gasteiger partial charge in [-0.25, -0.2) is 0 Å². The summed E-state index contributed by atoms with van der Waals surface area (Å²) < 4.78 is 10.2. The van der Waals surface area contributed by atoms with Crippen LogP contribution in [0.1, 0.15) is 20.3 Å². The average Bonchev–Trinajstić information content (AvgIpc) is 2.24. The molecule has 6 nitrogen and oxygen atoms in total. The predicted molar refractivity (Wildman–Crippen MR) is 61.5 cm³/mol. The first-order valence-electron chi connectivity index (χ1n) is 5.83. The molecule has 1 fully saturated rings. The van der Waals surface area contributed by atoms with E-state index in [2.05, 4.69) is 10.6 Å². The van der Waals surface area contributed by atoms with Crippen LogP contribution >= 0.6 is 0 Å². The summed E-state index contributed by atoms with van der Waals surface area (Å²) in [6.07, 6.45) is 0.193. The van der Waals surface area contributed by atoms with E-state index in [4.69, 9.17) is 9.47 Å². The van der Waals surface area contributed by atoms with E-state index in [9.17, 15) is 9.59 Å². The van der Waals surface area contributed by atoms with E-state index < -0.39 is 0 Å². The highest BCUT2D eigenvalue weighted by Crippen LogP contribution is 2.14. The highest BCUT2D eigenvalue weighted by atomic mass is 16.5. The largest absolute Gasteiger partial charge is 0.466 e. The number of esters is 1. The molecule has 17 heavy (non-hydrogen) atoms. The molecule has 1 saturated heterocycles. The van der Waals surface area contributed by atoms with Crippen LogP contribution in [0, 0.1) is 0 Å². The predicted octanol–water partition coefficient (Wildman–Crippen LogP) is -0.566. The third-order valence-electron chi connectivity index (χ3n) is 2.51. The highest BCUT2D eigenvalue weighted by Gasteiger charge is 2.32. The van der Waals surface area contributed by atoms with Crippen molar-refractivity contribution < 1.29 is 19.1 Å². The maximum Gasteiger partial charge on any atom is 0.307 e. The maximum atomic E-state index is 11.4. The van der Waals surface area contributed by atoms with Crippen molar-refractivity contribution in [3.8, 4) is 0 Å². The molecule has 0 saturated carbocycles. The summed E-state index contributed by atoms with van der Waals surface area (Å²) in [5, 5.41) is 5.69. The number of hydrogen-bond acceptors (Lipinski definition) is 5. The van der Waals surface area contributed by atoms with Gasteiger partial charge < -0.3 is 20.1 Å². The Hall–Kier alpha value is -1.14. The Balaban J connectivity index is 2.03. The first-order valence-corrected chi connectivity index (χ1v) is 5.83. The SMILES string of the molecule is CCOC(=O)CCNC(=O)COC1(C)CNC1. The molecule has 1 aliphatic rings. The molecular weight excluding hydrogens is 224 g/mol. The topological polar surface area (TPSA) is 76.7 Å². The molecule has 6 heteroatoms. The van der Waals surface area contributed by atoms with Gasteiger partial charge in [-0.1, -0.05) is 0 Å². The van der Waals surface area contributed by atoms with Crippen LogP contribution in [-0.2, 0) is 19.1 Å². The second-order valence-electron chi connectivity index (χ2n) is 4.25. The standard InChI is InChI=1S/C11H20N2O4/c1-3-16-10(15)4-5-13-9(14)6-17-11(2)7-12-8-11/h12H,3-8H2,1-2H3,(H,13,14). The number of nitrogens with one attached hydrogen (secondary N) is 2. The monoisotopic (exact) mass is 244 g/mol. The van der Waals surface area contributed by atoms with Crippen LogP contribution in [0.15, 0.2) is 0 Å². The van der Waals surface area contributed by atoms with Gasteiger partial charge in [0, 0.05) is 19.6 Å². The average molecular weight is 244 g/mol. The maximum absolute atomic E-state index is 11.4. The molecule has 0 atom stereocenters. The van der Waals surface area contributed by atoms with E-state index in [1.165, 1.54) is 0 Å². The Bertz CT molecular complexity index is 277. The lowest BCUT2D eigenvalue weighted by Gasteiger charge is -2.38. The van der Waals surface area contributed by atoms with Gasteiger partial charge >= 0.3 is 5.97 Å². The lowest BCUT2D eigenvalue weighted by Crippen LogP contribution is -2.59. The first-order chi connectivity index (χ1) is 8.06. The summed E-state index contributed by atoms with van der Waals surface area (Å²) >= 11 is 0. The molecule has 1 heterocycles. The third kappa shape index (κ3) is 5.14. The van der Waals surface area contributed by atoms with Crippen molar-refractivity contribution in [1.82, 2.24) is 10.6 Å². The van der Waals surface area contributed by atoms with Crippen molar-refractivity contribution in [3.63, 3.8) is 0 Å². The molecule has 0 aromatic rings. The first kappa shape index (κ1) is 13.9. The lowest BCUT2D eigenvalue weighted by molar-refractivity contribution is -0.143. The summed E-state index contributed by atoms with van der Waals surface area (Å²) in [6.45, 7) is 5.91. The number of carbonyl (C=O) groups excluding carboxylic acids is 2. The van der Waals surface area contributed by atoms with Crippen molar-refractivity contribution in [3.05, 3.63) is 0 Å². The van der Waals surface area contributed by atoms with E-state index in [0.29, 0.717) is 6.61 Å². The smallest absolute Gasteiger partial charge is 0.307 e. The van der Waals surface area contributed by atoms with Crippen molar-refractivity contribution in [2.75, 3.05) is 32.8 Å². The van der Waals surface area contributed by atoms with Crippen LogP contribution in [0.2, 0.25) is 0 Å². The van der Waals surface area contributed by atoms with Gasteiger partial charge in [0.25, 0.3) is 0 Å². The van der Waals surface area contributed by atoms with Crippen LogP contribution in [-0.4, -0.2) is 50.3 Å². The fourth-order valence-corrected chi connectivity index (χ4v) is 1.41. The molecule has 0 aromatic heterocycles. The number of rotatable bonds is 7. The molecule has 0 aromatic carbocycles. The van der Waals surface area contributed by atoms with Crippen LogP contribution in [0.25, 0.3) is 0 Å². The molecule has 98 valence electrons. The van der Waals surface area contributed by atoms with E-state index in [1.54, 1.807) is 6.92 Å². The second-order valence-corrected chi connectivity index (χ2v) is 4.25. The van der Waals surface area contributed by atoms with E-state index in [1.807, 2.05) is 6.92 Å². The van der Waals surface area contributed by atoms with Crippen LogP contribution in [0.5, 0.6) is 0 Å². The van der Waals surface area contributed by atoms with Gasteiger partial charge in [-0.15, -0.1) is 0 Å². The minimum absolute atomic E-state index is 0.0288. The highest BCUT2D eigenvalue weighted by molar-refractivity contribution is 5.78. The molecule has 0 aliphatic carbocycles. The normalized spacial score (nSPS) is 17.1. The van der Waals surface area contributed by atoms with Crippen LogP contribution < -0.4 is 10.6 Å². The Kier molecular flexibility index (Phi) is 5.37. The Labute approximate surface area is 101 Å². The van der Waals surface area contributed by atoms with Crippen molar-refractivity contribution in [2.24, 2.45) is 0 Å². The van der Waals surface area contributed by atoms with E-state index in [-0.39, 0.29) is 37.0 Å². The van der Waals surface area contributed by atoms with Crippen LogP contribution in [0.4, 0.5) is 0 Å². The molecule has 2 N–H and O–H groups in total. The molecular formula is C11H20N2O4. The summed E-state index contributed by atoms with van der Waals surface area (Å²) in [6, 6.07) is 0. The summed E-state index contributed by atoms with van der Waals surface area (Å²) in [5.41, 5.74) is -0.224. The Morgan fingerprint density at radius 1 is 1.41 bits per heavy atom. The number of ether oxygens (including phenoxy) is 2. The van der Waals surface area contributed by atoms with Crippen molar-refractivity contribution in [1.29, 1.82) is 0 Å². The molecule has 1 rings (SSSR count). The van der Waals surface area contributed by atoms with E-state index in [0.717, 1.165) is 13.1 Å². The minimum atomic E-state index is -0.302. The Morgan fingerprint density at radius 2 is 2.12 bits per heavy atom. The molecule has 0 bridgehead atoms.